The summed E-state index contributed by atoms with van der Waals surface area (Å²) in [7, 11) is 1.41. The van der Waals surface area contributed by atoms with E-state index in [0.717, 1.165) is 6.42 Å². The van der Waals surface area contributed by atoms with Crippen molar-refractivity contribution in [2.24, 2.45) is 11.8 Å². The van der Waals surface area contributed by atoms with Crippen LogP contribution >= 0.6 is 0 Å². The number of methoxy groups -OCH3 is 1. The number of carbonyl (C=O) groups is 1. The molecule has 1 fully saturated rings. The van der Waals surface area contributed by atoms with E-state index in [9.17, 15) is 4.79 Å². The minimum atomic E-state index is -0.111. The zero-order chi connectivity index (χ0) is 7.56. The molecule has 1 aliphatic carbocycles. The van der Waals surface area contributed by atoms with Crippen LogP contribution in [0.1, 0.15) is 12.8 Å². The van der Waals surface area contributed by atoms with Crippen molar-refractivity contribution in [2.45, 2.75) is 12.8 Å². The molecule has 2 unspecified atom stereocenters. The van der Waals surface area contributed by atoms with Gasteiger partial charge >= 0.3 is 5.97 Å². The van der Waals surface area contributed by atoms with E-state index in [2.05, 4.69) is 10.7 Å². The Labute approximate surface area is 60.6 Å². The quantitative estimate of drug-likeness (QED) is 0.417. The Morgan fingerprint density at radius 3 is 3.10 bits per heavy atom. The molecule has 1 saturated carbocycles. The lowest BCUT2D eigenvalue weighted by Gasteiger charge is -1.93. The molecule has 1 aliphatic rings. The highest BCUT2D eigenvalue weighted by Crippen LogP contribution is 2.41. The molecule has 0 amide bonds. The van der Waals surface area contributed by atoms with Gasteiger partial charge in [0.05, 0.1) is 13.0 Å². The van der Waals surface area contributed by atoms with Gasteiger partial charge in [-0.3, -0.25) is 4.79 Å². The fourth-order valence-electron chi connectivity index (χ4n) is 1.06. The third kappa shape index (κ3) is 1.30. The summed E-state index contributed by atoms with van der Waals surface area (Å²) in [4.78, 5) is 10.8. The van der Waals surface area contributed by atoms with Crippen molar-refractivity contribution in [3.8, 4) is 12.3 Å². The summed E-state index contributed by atoms with van der Waals surface area (Å²) < 4.78 is 4.54. The number of hydrogen-bond donors (Lipinski definition) is 0. The number of ether oxygens (including phenoxy) is 1. The molecular weight excluding hydrogens is 128 g/mol. The van der Waals surface area contributed by atoms with Crippen molar-refractivity contribution in [3.63, 3.8) is 0 Å². The smallest absolute Gasteiger partial charge is 0.308 e. The van der Waals surface area contributed by atoms with Gasteiger partial charge in [-0.15, -0.1) is 12.3 Å². The van der Waals surface area contributed by atoms with Gasteiger partial charge in [-0.2, -0.15) is 0 Å². The summed E-state index contributed by atoms with van der Waals surface area (Å²) in [5.74, 6) is 2.92. The molecule has 0 saturated heterocycles. The molecule has 54 valence electrons. The molecule has 0 heterocycles. The summed E-state index contributed by atoms with van der Waals surface area (Å²) in [5, 5.41) is 0. The van der Waals surface area contributed by atoms with Gasteiger partial charge in [0.25, 0.3) is 0 Å². The molecule has 2 atom stereocenters. The van der Waals surface area contributed by atoms with Crippen LogP contribution in [0, 0.1) is 24.2 Å². The topological polar surface area (TPSA) is 26.3 Å². The van der Waals surface area contributed by atoms with Crippen LogP contribution in [-0.4, -0.2) is 13.1 Å². The van der Waals surface area contributed by atoms with Crippen molar-refractivity contribution in [1.29, 1.82) is 0 Å². The van der Waals surface area contributed by atoms with Crippen molar-refractivity contribution in [1.82, 2.24) is 0 Å². The zero-order valence-corrected chi connectivity index (χ0v) is 5.96. The normalized spacial score (nSPS) is 28.8. The van der Waals surface area contributed by atoms with Crippen LogP contribution < -0.4 is 0 Å². The molecule has 0 N–H and O–H groups in total. The molecular formula is C8H10O2. The second-order valence-electron chi connectivity index (χ2n) is 2.53. The maximum atomic E-state index is 10.8. The fraction of sp³-hybridized carbons (Fsp3) is 0.625. The van der Waals surface area contributed by atoms with Crippen LogP contribution in [0.2, 0.25) is 0 Å². The number of esters is 1. The summed E-state index contributed by atoms with van der Waals surface area (Å²) >= 11 is 0. The van der Waals surface area contributed by atoms with E-state index in [1.165, 1.54) is 7.11 Å². The lowest BCUT2D eigenvalue weighted by atomic mass is 10.2. The second-order valence-corrected chi connectivity index (χ2v) is 2.53. The summed E-state index contributed by atoms with van der Waals surface area (Å²) in [5.41, 5.74) is 0. The molecule has 1 rings (SSSR count). The van der Waals surface area contributed by atoms with E-state index in [4.69, 9.17) is 6.42 Å². The van der Waals surface area contributed by atoms with E-state index in [1.54, 1.807) is 0 Å². The highest BCUT2D eigenvalue weighted by atomic mass is 16.5. The Hall–Kier alpha value is -0.970. The second kappa shape index (κ2) is 2.74. The molecule has 0 aromatic heterocycles. The highest BCUT2D eigenvalue weighted by molar-refractivity contribution is 5.75. The van der Waals surface area contributed by atoms with E-state index in [-0.39, 0.29) is 11.9 Å². The van der Waals surface area contributed by atoms with Gasteiger partial charge in [0.15, 0.2) is 0 Å². The molecule has 0 aromatic carbocycles. The van der Waals surface area contributed by atoms with Gasteiger partial charge < -0.3 is 4.74 Å². The standard InChI is InChI=1S/C8H10O2/c1-3-4-6-5-7(6)8(9)10-2/h1,6-7H,4-5H2,2H3. The molecule has 0 aliphatic heterocycles. The minimum absolute atomic E-state index is 0.0982. The Kier molecular flexibility index (Phi) is 1.96. The lowest BCUT2D eigenvalue weighted by Crippen LogP contribution is -2.03. The lowest BCUT2D eigenvalue weighted by molar-refractivity contribution is -0.142. The number of terminal acetylenes is 1. The summed E-state index contributed by atoms with van der Waals surface area (Å²) in [6.45, 7) is 0. The Morgan fingerprint density at radius 2 is 2.60 bits per heavy atom. The van der Waals surface area contributed by atoms with E-state index in [0.29, 0.717) is 12.3 Å². The van der Waals surface area contributed by atoms with Gasteiger partial charge in [0, 0.05) is 6.42 Å². The third-order valence-electron chi connectivity index (χ3n) is 1.81. The average molecular weight is 138 g/mol. The summed E-state index contributed by atoms with van der Waals surface area (Å²) in [6, 6.07) is 0. The van der Waals surface area contributed by atoms with E-state index >= 15 is 0 Å². The van der Waals surface area contributed by atoms with Gasteiger partial charge in [-0.25, -0.2) is 0 Å². The predicted octanol–water partition coefficient (Wildman–Crippen LogP) is 0.819. The van der Waals surface area contributed by atoms with Gasteiger partial charge in [-0.1, -0.05) is 0 Å². The minimum Gasteiger partial charge on any atom is -0.469 e. The molecule has 2 nitrogen and oxygen atoms in total. The van der Waals surface area contributed by atoms with Crippen molar-refractivity contribution in [2.75, 3.05) is 7.11 Å². The van der Waals surface area contributed by atoms with Crippen molar-refractivity contribution >= 4 is 5.97 Å². The first kappa shape index (κ1) is 7.14. The number of rotatable bonds is 2. The maximum absolute atomic E-state index is 10.8. The highest BCUT2D eigenvalue weighted by Gasteiger charge is 2.42. The molecule has 0 radical (unpaired) electrons. The Bertz CT molecular complexity index is 178. The molecule has 0 bridgehead atoms. The van der Waals surface area contributed by atoms with Crippen molar-refractivity contribution < 1.29 is 9.53 Å². The van der Waals surface area contributed by atoms with Crippen LogP contribution in [0.5, 0.6) is 0 Å². The van der Waals surface area contributed by atoms with Crippen LogP contribution in [0.3, 0.4) is 0 Å². The zero-order valence-electron chi connectivity index (χ0n) is 5.96. The molecule has 2 heteroatoms. The summed E-state index contributed by atoms with van der Waals surface area (Å²) in [6.07, 6.45) is 6.69. The van der Waals surface area contributed by atoms with Crippen LogP contribution in [0.15, 0.2) is 0 Å². The van der Waals surface area contributed by atoms with Crippen LogP contribution in [0.4, 0.5) is 0 Å². The molecule has 0 aromatic rings. The number of hydrogen-bond acceptors (Lipinski definition) is 2. The fourth-order valence-corrected chi connectivity index (χ4v) is 1.06. The first-order valence-corrected chi connectivity index (χ1v) is 3.31. The predicted molar refractivity (Wildman–Crippen MR) is 37.1 cm³/mol. The molecule has 0 spiro atoms. The average Bonchev–Trinajstić information content (AvgIpc) is 2.67. The van der Waals surface area contributed by atoms with Crippen molar-refractivity contribution in [3.05, 3.63) is 0 Å². The first-order valence-electron chi connectivity index (χ1n) is 3.31. The van der Waals surface area contributed by atoms with Crippen LogP contribution in [0.25, 0.3) is 0 Å². The molecule has 10 heavy (non-hydrogen) atoms. The first-order chi connectivity index (χ1) is 4.79. The van der Waals surface area contributed by atoms with E-state index in [1.807, 2.05) is 0 Å². The maximum Gasteiger partial charge on any atom is 0.308 e. The van der Waals surface area contributed by atoms with E-state index < -0.39 is 0 Å². The SMILES string of the molecule is C#CCC1CC1C(=O)OC. The number of carbonyl (C=O) groups excluding carboxylic acids is 1. The Balaban J connectivity index is 2.26. The largest absolute Gasteiger partial charge is 0.469 e. The van der Waals surface area contributed by atoms with Gasteiger partial charge in [0.2, 0.25) is 0 Å². The van der Waals surface area contributed by atoms with Crippen LogP contribution in [-0.2, 0) is 9.53 Å². The van der Waals surface area contributed by atoms with Gasteiger partial charge in [0.1, 0.15) is 0 Å². The third-order valence-corrected chi connectivity index (χ3v) is 1.81. The van der Waals surface area contributed by atoms with Gasteiger partial charge in [-0.05, 0) is 12.3 Å². The monoisotopic (exact) mass is 138 g/mol. The Morgan fingerprint density at radius 1 is 1.90 bits per heavy atom.